The monoisotopic (exact) mass is 554 g/mol. The summed E-state index contributed by atoms with van der Waals surface area (Å²) >= 11 is 10.6. The zero-order valence-electron chi connectivity index (χ0n) is 21.3. The van der Waals surface area contributed by atoms with Crippen LogP contribution in [0.3, 0.4) is 0 Å². The Morgan fingerprint density at radius 1 is 1.17 bits per heavy atom. The molecule has 0 radical (unpaired) electrons. The molecule has 0 bridgehead atoms. The van der Waals surface area contributed by atoms with E-state index in [1.54, 1.807) is 20.8 Å². The lowest BCUT2D eigenvalue weighted by Crippen LogP contribution is -2.66. The second-order valence-corrected chi connectivity index (χ2v) is 10.1. The minimum atomic E-state index is -2.23. The lowest BCUT2D eigenvalue weighted by atomic mass is 10.1. The average molecular weight is 555 g/mol. The van der Waals surface area contributed by atoms with Crippen LogP contribution in [0.15, 0.2) is 0 Å². The molecule has 5 amide bonds. The van der Waals surface area contributed by atoms with Crippen molar-refractivity contribution >= 4 is 54.0 Å². The Morgan fingerprint density at radius 3 is 2.17 bits per heavy atom. The Hall–Kier alpha value is -2.29. The number of nitrogens with two attached hydrogens (primary N) is 2. The molecule has 0 rings (SSSR count). The normalized spacial score (nSPS) is 15.5. The van der Waals surface area contributed by atoms with Crippen molar-refractivity contribution in [1.82, 2.24) is 20.9 Å². The Bertz CT molecular complexity index is 795. The fourth-order valence-electron chi connectivity index (χ4n) is 3.03. The second kappa shape index (κ2) is 15.1. The molecule has 0 aliphatic heterocycles. The highest BCUT2D eigenvalue weighted by molar-refractivity contribution is 7.80. The fraction of sp³-hybridized carbons (Fsp3) is 0.762. The number of halogens is 1. The Balaban J connectivity index is 6.00. The summed E-state index contributed by atoms with van der Waals surface area (Å²) in [5.41, 5.74) is 10.1. The van der Waals surface area contributed by atoms with Crippen LogP contribution in [0.25, 0.3) is 0 Å². The van der Waals surface area contributed by atoms with Gasteiger partial charge >= 0.3 is 6.09 Å². The van der Waals surface area contributed by atoms with Crippen molar-refractivity contribution in [1.29, 1.82) is 0 Å². The number of nitrogens with zero attached hydrogens (tertiary/aromatic N) is 1. The van der Waals surface area contributed by atoms with Crippen molar-refractivity contribution in [3.8, 4) is 0 Å². The summed E-state index contributed by atoms with van der Waals surface area (Å²) in [7, 11) is 0. The first-order valence-electron chi connectivity index (χ1n) is 11.3. The predicted octanol–water partition coefficient (Wildman–Crippen LogP) is -0.853. The van der Waals surface area contributed by atoms with E-state index in [1.165, 1.54) is 13.8 Å². The van der Waals surface area contributed by atoms with E-state index < -0.39 is 70.9 Å². The minimum Gasteiger partial charge on any atom is -0.444 e. The molecule has 13 nitrogen and oxygen atoms in total. The highest BCUT2D eigenvalue weighted by Crippen LogP contribution is 2.21. The molecule has 0 aromatic carbocycles. The standard InChI is InChI=1S/C21H39ClN6O7S/c1-12(29)15(16(24)31)28(11-25-13(2)30)18(33)21(22,10-36)27-17(32)14(8-6-7-9-23)26-19(34)35-20(3,4)5/h12,14-15,29,36H,6-11,23H2,1-5H3,(H2,24,31)(H,25,30)(H,26,34)(H,27,32)/t12-,14+,15+,21+/m1/s1. The molecular formula is C21H39ClN6O7S. The van der Waals surface area contributed by atoms with E-state index in [9.17, 15) is 29.1 Å². The van der Waals surface area contributed by atoms with E-state index in [4.69, 9.17) is 27.8 Å². The largest absolute Gasteiger partial charge is 0.444 e. The molecule has 0 saturated heterocycles. The van der Waals surface area contributed by atoms with Crippen LogP contribution in [0, 0.1) is 0 Å². The lowest BCUT2D eigenvalue weighted by Gasteiger charge is -2.37. The number of aliphatic hydroxyl groups excluding tert-OH is 1. The van der Waals surface area contributed by atoms with Crippen LogP contribution in [0.4, 0.5) is 4.79 Å². The number of hydrogen-bond donors (Lipinski definition) is 7. The lowest BCUT2D eigenvalue weighted by molar-refractivity contribution is -0.148. The first-order chi connectivity index (χ1) is 16.5. The fourth-order valence-corrected chi connectivity index (χ4v) is 3.44. The topological polar surface area (TPSA) is 206 Å². The number of rotatable bonds is 14. The van der Waals surface area contributed by atoms with Gasteiger partial charge in [-0.3, -0.25) is 19.2 Å². The summed E-state index contributed by atoms with van der Waals surface area (Å²) in [6.07, 6.45) is -1.10. The summed E-state index contributed by atoms with van der Waals surface area (Å²) in [5, 5.41) is 17.2. The summed E-state index contributed by atoms with van der Waals surface area (Å²) in [6.45, 7) is 7.17. The van der Waals surface area contributed by atoms with Crippen LogP contribution in [-0.4, -0.2) is 87.5 Å². The van der Waals surface area contributed by atoms with Crippen LogP contribution in [0.2, 0.25) is 0 Å². The third kappa shape index (κ3) is 11.6. The van der Waals surface area contributed by atoms with Gasteiger partial charge < -0.3 is 42.2 Å². The molecule has 0 spiro atoms. The van der Waals surface area contributed by atoms with Gasteiger partial charge in [-0.05, 0) is 53.5 Å². The van der Waals surface area contributed by atoms with E-state index in [1.807, 2.05) is 0 Å². The van der Waals surface area contributed by atoms with E-state index in [0.29, 0.717) is 19.4 Å². The van der Waals surface area contributed by atoms with Gasteiger partial charge in [0.1, 0.15) is 17.7 Å². The number of hydrogen-bond acceptors (Lipinski definition) is 9. The molecule has 15 heteroatoms. The molecule has 0 aromatic heterocycles. The molecule has 8 N–H and O–H groups in total. The van der Waals surface area contributed by atoms with Gasteiger partial charge in [0, 0.05) is 12.7 Å². The van der Waals surface area contributed by atoms with Crippen LogP contribution >= 0.6 is 24.2 Å². The molecule has 36 heavy (non-hydrogen) atoms. The number of alkyl carbamates (subject to hydrolysis) is 1. The van der Waals surface area contributed by atoms with Gasteiger partial charge in [-0.15, -0.1) is 0 Å². The van der Waals surface area contributed by atoms with Gasteiger partial charge in [-0.2, -0.15) is 12.6 Å². The van der Waals surface area contributed by atoms with E-state index in [0.717, 1.165) is 4.90 Å². The van der Waals surface area contributed by atoms with Crippen molar-refractivity contribution in [2.24, 2.45) is 11.5 Å². The van der Waals surface area contributed by atoms with Crippen molar-refractivity contribution in [2.45, 2.75) is 82.7 Å². The van der Waals surface area contributed by atoms with Gasteiger partial charge in [-0.1, -0.05) is 11.6 Å². The highest BCUT2D eigenvalue weighted by atomic mass is 35.5. The van der Waals surface area contributed by atoms with Crippen LogP contribution in [-0.2, 0) is 23.9 Å². The van der Waals surface area contributed by atoms with Crippen molar-refractivity contribution in [3.63, 3.8) is 0 Å². The van der Waals surface area contributed by atoms with Gasteiger partial charge in [0.2, 0.25) is 22.7 Å². The van der Waals surface area contributed by atoms with Gasteiger partial charge in [0.05, 0.1) is 12.8 Å². The number of aliphatic hydroxyl groups is 1. The quantitative estimate of drug-likeness (QED) is 0.0471. The van der Waals surface area contributed by atoms with Crippen molar-refractivity contribution in [2.75, 3.05) is 19.0 Å². The molecule has 0 fully saturated rings. The van der Waals surface area contributed by atoms with E-state index >= 15 is 0 Å². The number of carbonyl (C=O) groups excluding carboxylic acids is 5. The van der Waals surface area contributed by atoms with Gasteiger partial charge in [0.25, 0.3) is 5.91 Å². The first kappa shape index (κ1) is 33.7. The molecule has 0 saturated carbocycles. The summed E-state index contributed by atoms with van der Waals surface area (Å²) < 4.78 is 5.21. The third-order valence-corrected chi connectivity index (χ3v) is 5.73. The first-order valence-corrected chi connectivity index (χ1v) is 12.3. The Labute approximate surface area is 221 Å². The summed E-state index contributed by atoms with van der Waals surface area (Å²) in [5.74, 6) is -3.97. The predicted molar refractivity (Wildman–Crippen MR) is 137 cm³/mol. The number of ether oxygens (including phenoxy) is 1. The Kier molecular flexibility index (Phi) is 14.1. The molecule has 4 atom stereocenters. The molecule has 0 aliphatic carbocycles. The molecular weight excluding hydrogens is 516 g/mol. The SMILES string of the molecule is CC(=O)NCN(C(=O)[C@](Cl)(CS)NC(=O)[C@H](CCCCN)NC(=O)OC(C)(C)C)[C@H](C(N)=O)[C@@H](C)O. The maximum Gasteiger partial charge on any atom is 0.408 e. The zero-order chi connectivity index (χ0) is 28.3. The Morgan fingerprint density at radius 2 is 1.75 bits per heavy atom. The van der Waals surface area contributed by atoms with E-state index in [-0.39, 0.29) is 6.42 Å². The molecule has 0 heterocycles. The number of alkyl halides is 1. The number of nitrogens with one attached hydrogen (secondary N) is 3. The van der Waals surface area contributed by atoms with E-state index in [2.05, 4.69) is 28.6 Å². The van der Waals surface area contributed by atoms with Gasteiger partial charge in [-0.25, -0.2) is 4.79 Å². The van der Waals surface area contributed by atoms with Crippen LogP contribution in [0.1, 0.15) is 53.9 Å². The number of thiol groups is 1. The van der Waals surface area contributed by atoms with Crippen molar-refractivity contribution < 1.29 is 33.8 Å². The number of carbonyl (C=O) groups is 5. The number of amides is 5. The molecule has 0 aliphatic rings. The van der Waals surface area contributed by atoms with Crippen molar-refractivity contribution in [3.05, 3.63) is 0 Å². The number of primary amides is 1. The average Bonchev–Trinajstić information content (AvgIpc) is 2.73. The molecule has 0 unspecified atom stereocenters. The second-order valence-electron chi connectivity index (χ2n) is 9.19. The zero-order valence-corrected chi connectivity index (χ0v) is 22.9. The molecule has 208 valence electrons. The maximum atomic E-state index is 13.4. The van der Waals surface area contributed by atoms with Crippen LogP contribution in [0.5, 0.6) is 0 Å². The summed E-state index contributed by atoms with van der Waals surface area (Å²) in [6, 6.07) is -2.73. The maximum absolute atomic E-state index is 13.4. The molecule has 0 aromatic rings. The number of unbranched alkanes of at least 4 members (excludes halogenated alkanes) is 1. The van der Waals surface area contributed by atoms with Crippen LogP contribution < -0.4 is 27.4 Å². The summed E-state index contributed by atoms with van der Waals surface area (Å²) in [4.78, 5) is 60.8. The van der Waals surface area contributed by atoms with Gasteiger partial charge in [0.15, 0.2) is 0 Å². The highest BCUT2D eigenvalue weighted by Gasteiger charge is 2.45. The minimum absolute atomic E-state index is 0.156. The third-order valence-electron chi connectivity index (χ3n) is 4.68. The smallest absolute Gasteiger partial charge is 0.408 e.